The molecule has 7 heteroatoms. The number of carbonyl (C=O) groups is 3. The van der Waals surface area contributed by atoms with Crippen LogP contribution >= 0.6 is 0 Å². The van der Waals surface area contributed by atoms with E-state index in [-0.39, 0.29) is 19.8 Å². The van der Waals surface area contributed by atoms with Crippen LogP contribution in [-0.2, 0) is 30.4 Å². The van der Waals surface area contributed by atoms with Gasteiger partial charge < -0.3 is 19.5 Å². The average Bonchev–Trinajstić information content (AvgIpc) is 2.53. The van der Waals surface area contributed by atoms with E-state index >= 15 is 0 Å². The van der Waals surface area contributed by atoms with Crippen LogP contribution in [0.15, 0.2) is 30.3 Å². The molecule has 1 amide bonds. The number of benzene rings is 1. The van der Waals surface area contributed by atoms with Crippen LogP contribution in [0.3, 0.4) is 0 Å². The third-order valence-corrected chi connectivity index (χ3v) is 3.10. The van der Waals surface area contributed by atoms with Crippen molar-refractivity contribution in [2.45, 2.75) is 52.4 Å². The van der Waals surface area contributed by atoms with Crippen molar-refractivity contribution in [3.8, 4) is 0 Å². The largest absolute Gasteiger partial charge is 0.466 e. The molecular weight excluding hydrogens is 338 g/mol. The van der Waals surface area contributed by atoms with Gasteiger partial charge in [-0.2, -0.15) is 0 Å². The van der Waals surface area contributed by atoms with Gasteiger partial charge >= 0.3 is 12.1 Å². The molecule has 7 nitrogen and oxygen atoms in total. The summed E-state index contributed by atoms with van der Waals surface area (Å²) in [7, 11) is 0. The van der Waals surface area contributed by atoms with Gasteiger partial charge in [-0.1, -0.05) is 30.3 Å². The van der Waals surface area contributed by atoms with Crippen molar-refractivity contribution < 1.29 is 28.6 Å². The number of esters is 1. The van der Waals surface area contributed by atoms with E-state index in [1.54, 1.807) is 27.7 Å². The summed E-state index contributed by atoms with van der Waals surface area (Å²) in [4.78, 5) is 35.8. The van der Waals surface area contributed by atoms with Crippen LogP contribution < -0.4 is 5.32 Å². The molecule has 0 spiro atoms. The Hall–Kier alpha value is -2.41. The second kappa shape index (κ2) is 10.6. The Kier molecular flexibility index (Phi) is 8.78. The third kappa shape index (κ3) is 9.17. The second-order valence-electron chi connectivity index (χ2n) is 6.65. The molecule has 1 aromatic rings. The lowest BCUT2D eigenvalue weighted by atomic mass is 10.1. The van der Waals surface area contributed by atoms with E-state index in [0.717, 1.165) is 5.56 Å². The fourth-order valence-electron chi connectivity index (χ4n) is 2.01. The van der Waals surface area contributed by atoms with Crippen molar-refractivity contribution in [2.75, 3.05) is 13.2 Å². The van der Waals surface area contributed by atoms with Gasteiger partial charge in [0.25, 0.3) is 0 Å². The van der Waals surface area contributed by atoms with Crippen LogP contribution in [0.5, 0.6) is 0 Å². The summed E-state index contributed by atoms with van der Waals surface area (Å²) in [5.41, 5.74) is 0.227. The zero-order valence-electron chi connectivity index (χ0n) is 15.7. The number of hydrogen-bond acceptors (Lipinski definition) is 6. The lowest BCUT2D eigenvalue weighted by Crippen LogP contribution is -2.46. The maximum absolute atomic E-state index is 12.3. The minimum atomic E-state index is -1.00. The summed E-state index contributed by atoms with van der Waals surface area (Å²) in [5.74, 6) is -1.14. The van der Waals surface area contributed by atoms with Crippen LogP contribution in [0.1, 0.15) is 39.7 Å². The van der Waals surface area contributed by atoms with Gasteiger partial charge in [-0.15, -0.1) is 0 Å². The predicted octanol–water partition coefficient (Wildman–Crippen LogP) is 2.62. The minimum Gasteiger partial charge on any atom is -0.466 e. The molecule has 0 aliphatic rings. The summed E-state index contributed by atoms with van der Waals surface area (Å²) < 4.78 is 15.5. The molecule has 1 rings (SSSR count). The van der Waals surface area contributed by atoms with Crippen molar-refractivity contribution in [2.24, 2.45) is 0 Å². The lowest BCUT2D eigenvalue weighted by molar-refractivity contribution is -0.146. The van der Waals surface area contributed by atoms with Crippen molar-refractivity contribution in [1.29, 1.82) is 0 Å². The summed E-state index contributed by atoms with van der Waals surface area (Å²) in [6.45, 7) is 7.19. The van der Waals surface area contributed by atoms with E-state index in [0.29, 0.717) is 0 Å². The number of ketones is 1. The average molecular weight is 365 g/mol. The van der Waals surface area contributed by atoms with E-state index in [1.165, 1.54) is 0 Å². The Morgan fingerprint density at radius 3 is 2.35 bits per heavy atom. The van der Waals surface area contributed by atoms with E-state index in [1.807, 2.05) is 30.3 Å². The number of alkyl carbamates (subject to hydrolysis) is 1. The molecule has 0 fully saturated rings. The first kappa shape index (κ1) is 21.6. The number of Topliss-reactive ketones (excluding diaryl/α,β-unsaturated/α-hetero) is 1. The van der Waals surface area contributed by atoms with E-state index in [4.69, 9.17) is 14.2 Å². The smallest absolute Gasteiger partial charge is 0.408 e. The van der Waals surface area contributed by atoms with E-state index in [9.17, 15) is 14.4 Å². The minimum absolute atomic E-state index is 0.0770. The SMILES string of the molecule is CCOC(=O)CC(=O)C(COCc1ccccc1)NC(=O)OC(C)(C)C. The van der Waals surface area contributed by atoms with Gasteiger partial charge in [0.15, 0.2) is 5.78 Å². The molecular formula is C19H27NO6. The molecule has 0 radical (unpaired) electrons. The summed E-state index contributed by atoms with van der Waals surface area (Å²) in [6, 6.07) is 8.41. The van der Waals surface area contributed by atoms with Gasteiger partial charge in [0.2, 0.25) is 0 Å². The van der Waals surface area contributed by atoms with Crippen LogP contribution in [-0.4, -0.2) is 42.7 Å². The predicted molar refractivity (Wildman–Crippen MR) is 95.5 cm³/mol. The number of ether oxygens (including phenoxy) is 3. The third-order valence-electron chi connectivity index (χ3n) is 3.10. The number of rotatable bonds is 9. The van der Waals surface area contributed by atoms with Gasteiger partial charge in [-0.25, -0.2) is 4.79 Å². The first-order valence-electron chi connectivity index (χ1n) is 8.50. The highest BCUT2D eigenvalue weighted by molar-refractivity contribution is 5.99. The monoisotopic (exact) mass is 365 g/mol. The van der Waals surface area contributed by atoms with Gasteiger partial charge in [0.1, 0.15) is 18.1 Å². The van der Waals surface area contributed by atoms with Gasteiger partial charge in [0, 0.05) is 0 Å². The first-order chi connectivity index (χ1) is 12.2. The number of carbonyl (C=O) groups excluding carboxylic acids is 3. The van der Waals surface area contributed by atoms with Crippen LogP contribution in [0.2, 0.25) is 0 Å². The Morgan fingerprint density at radius 1 is 1.12 bits per heavy atom. The number of nitrogens with one attached hydrogen (secondary N) is 1. The molecule has 0 aliphatic heterocycles. The molecule has 0 saturated carbocycles. The van der Waals surface area contributed by atoms with Crippen molar-refractivity contribution in [3.05, 3.63) is 35.9 Å². The van der Waals surface area contributed by atoms with Gasteiger partial charge in [-0.3, -0.25) is 9.59 Å². The highest BCUT2D eigenvalue weighted by Gasteiger charge is 2.26. The van der Waals surface area contributed by atoms with Crippen molar-refractivity contribution >= 4 is 17.8 Å². The quantitative estimate of drug-likeness (QED) is 0.534. The molecule has 1 aromatic carbocycles. The zero-order valence-corrected chi connectivity index (χ0v) is 15.7. The van der Waals surface area contributed by atoms with Gasteiger partial charge in [0.05, 0.1) is 19.8 Å². The molecule has 0 heterocycles. The Bertz CT molecular complexity index is 594. The van der Waals surface area contributed by atoms with Gasteiger partial charge in [-0.05, 0) is 33.3 Å². The van der Waals surface area contributed by atoms with Crippen molar-refractivity contribution in [3.63, 3.8) is 0 Å². The molecule has 0 saturated heterocycles. The number of amides is 1. The molecule has 144 valence electrons. The number of hydrogen-bond donors (Lipinski definition) is 1. The molecule has 0 aliphatic carbocycles. The van der Waals surface area contributed by atoms with Crippen LogP contribution in [0.25, 0.3) is 0 Å². The Balaban J connectivity index is 2.65. The lowest BCUT2D eigenvalue weighted by Gasteiger charge is -2.23. The van der Waals surface area contributed by atoms with Crippen LogP contribution in [0.4, 0.5) is 4.79 Å². The summed E-state index contributed by atoms with van der Waals surface area (Å²) >= 11 is 0. The summed E-state index contributed by atoms with van der Waals surface area (Å²) in [5, 5.41) is 2.46. The first-order valence-corrected chi connectivity index (χ1v) is 8.50. The maximum atomic E-state index is 12.3. The van der Waals surface area contributed by atoms with E-state index in [2.05, 4.69) is 5.32 Å². The van der Waals surface area contributed by atoms with Crippen molar-refractivity contribution in [1.82, 2.24) is 5.32 Å². The maximum Gasteiger partial charge on any atom is 0.408 e. The summed E-state index contributed by atoms with van der Waals surface area (Å²) in [6.07, 6.45) is -1.19. The fraction of sp³-hybridized carbons (Fsp3) is 0.526. The molecule has 1 unspecified atom stereocenters. The Morgan fingerprint density at radius 2 is 1.77 bits per heavy atom. The molecule has 26 heavy (non-hydrogen) atoms. The topological polar surface area (TPSA) is 90.9 Å². The molecule has 0 aromatic heterocycles. The zero-order chi connectivity index (χ0) is 19.6. The molecule has 1 N–H and O–H groups in total. The Labute approximate surface area is 154 Å². The molecule has 1 atom stereocenters. The standard InChI is InChI=1S/C19H27NO6/c1-5-25-17(22)11-16(21)15(20-18(23)26-19(2,3)4)13-24-12-14-9-7-6-8-10-14/h6-10,15H,5,11-13H2,1-4H3,(H,20,23). The second-order valence-corrected chi connectivity index (χ2v) is 6.65. The highest BCUT2D eigenvalue weighted by atomic mass is 16.6. The van der Waals surface area contributed by atoms with E-state index < -0.39 is 35.9 Å². The fourth-order valence-corrected chi connectivity index (χ4v) is 2.01. The normalized spacial score (nSPS) is 12.2. The highest BCUT2D eigenvalue weighted by Crippen LogP contribution is 2.08. The molecule has 0 bridgehead atoms. The van der Waals surface area contributed by atoms with Crippen LogP contribution in [0, 0.1) is 0 Å².